The molecule has 1 fully saturated rings. The van der Waals surface area contributed by atoms with Crippen molar-refractivity contribution in [2.75, 3.05) is 24.2 Å². The molecule has 3 heterocycles. The molecule has 0 bridgehead atoms. The summed E-state index contributed by atoms with van der Waals surface area (Å²) in [6.07, 6.45) is 4.36. The molecule has 4 rings (SSSR count). The SMILES string of the molecule is CS(=O)(=O)NC1CCN(c2ncnc3scc(-c4ccccc4)c23)CC1. The number of thiophene rings is 1. The van der Waals surface area contributed by atoms with Gasteiger partial charge in [-0.25, -0.2) is 23.1 Å². The molecule has 1 aromatic carbocycles. The zero-order valence-electron chi connectivity index (χ0n) is 14.4. The molecule has 0 aliphatic carbocycles. The van der Waals surface area contributed by atoms with Crippen molar-refractivity contribution in [1.82, 2.24) is 14.7 Å². The molecular weight excluding hydrogens is 368 g/mol. The number of sulfonamides is 1. The average molecular weight is 389 g/mol. The fraction of sp³-hybridized carbons (Fsp3) is 0.333. The summed E-state index contributed by atoms with van der Waals surface area (Å²) >= 11 is 1.63. The standard InChI is InChI=1S/C18H20N4O2S2/c1-26(23,24)21-14-7-9-22(10-8-14)17-16-15(13-5-3-2-4-6-13)11-25-18(16)20-12-19-17/h2-6,11-12,14,21H,7-10H2,1H3. The summed E-state index contributed by atoms with van der Waals surface area (Å²) in [5, 5.41) is 3.22. The quantitative estimate of drug-likeness (QED) is 0.744. The van der Waals surface area contributed by atoms with Crippen LogP contribution in [0.4, 0.5) is 5.82 Å². The number of aromatic nitrogens is 2. The van der Waals surface area contributed by atoms with Crippen molar-refractivity contribution in [2.24, 2.45) is 0 Å². The lowest BCUT2D eigenvalue weighted by molar-refractivity contribution is 0.460. The molecule has 1 N–H and O–H groups in total. The minimum Gasteiger partial charge on any atom is -0.356 e. The Hall–Kier alpha value is -2.03. The maximum absolute atomic E-state index is 11.4. The Morgan fingerprint density at radius 3 is 2.58 bits per heavy atom. The van der Waals surface area contributed by atoms with Gasteiger partial charge in [0.05, 0.1) is 11.6 Å². The molecular formula is C18H20N4O2S2. The Bertz CT molecular complexity index is 1010. The first-order chi connectivity index (χ1) is 12.5. The van der Waals surface area contributed by atoms with Gasteiger partial charge in [0, 0.05) is 30.1 Å². The van der Waals surface area contributed by atoms with Crippen molar-refractivity contribution in [3.05, 3.63) is 42.0 Å². The highest BCUT2D eigenvalue weighted by Crippen LogP contribution is 2.38. The fourth-order valence-electron chi connectivity index (χ4n) is 3.44. The summed E-state index contributed by atoms with van der Waals surface area (Å²) in [7, 11) is -3.17. The highest BCUT2D eigenvalue weighted by Gasteiger charge is 2.25. The maximum atomic E-state index is 11.4. The van der Waals surface area contributed by atoms with Crippen molar-refractivity contribution >= 4 is 37.4 Å². The van der Waals surface area contributed by atoms with E-state index in [2.05, 4.69) is 37.1 Å². The largest absolute Gasteiger partial charge is 0.356 e. The van der Waals surface area contributed by atoms with Gasteiger partial charge in [-0.3, -0.25) is 0 Å². The van der Waals surface area contributed by atoms with Gasteiger partial charge in [0.25, 0.3) is 0 Å². The molecule has 0 amide bonds. The van der Waals surface area contributed by atoms with Gasteiger partial charge in [0.2, 0.25) is 10.0 Å². The summed E-state index contributed by atoms with van der Waals surface area (Å²) in [4.78, 5) is 12.2. The molecule has 1 saturated heterocycles. The van der Waals surface area contributed by atoms with E-state index in [1.807, 2.05) is 18.2 Å². The van der Waals surface area contributed by atoms with E-state index < -0.39 is 10.0 Å². The van der Waals surface area contributed by atoms with Gasteiger partial charge in [0.15, 0.2) is 0 Å². The maximum Gasteiger partial charge on any atom is 0.208 e. The molecule has 0 unspecified atom stereocenters. The van der Waals surface area contributed by atoms with Crippen LogP contribution in [0.5, 0.6) is 0 Å². The molecule has 3 aromatic rings. The normalized spacial score (nSPS) is 16.3. The monoisotopic (exact) mass is 388 g/mol. The zero-order valence-corrected chi connectivity index (χ0v) is 16.1. The first-order valence-electron chi connectivity index (χ1n) is 8.51. The van der Waals surface area contributed by atoms with Gasteiger partial charge in [-0.05, 0) is 18.4 Å². The number of fused-ring (bicyclic) bond motifs is 1. The number of anilines is 1. The van der Waals surface area contributed by atoms with E-state index >= 15 is 0 Å². The molecule has 2 aromatic heterocycles. The lowest BCUT2D eigenvalue weighted by atomic mass is 10.0. The van der Waals surface area contributed by atoms with E-state index in [1.54, 1.807) is 17.7 Å². The molecule has 136 valence electrons. The van der Waals surface area contributed by atoms with Gasteiger partial charge in [-0.15, -0.1) is 11.3 Å². The van der Waals surface area contributed by atoms with Crippen LogP contribution >= 0.6 is 11.3 Å². The van der Waals surface area contributed by atoms with E-state index in [1.165, 1.54) is 6.26 Å². The molecule has 0 atom stereocenters. The van der Waals surface area contributed by atoms with Gasteiger partial charge in [-0.2, -0.15) is 0 Å². The summed E-state index contributed by atoms with van der Waals surface area (Å²) in [5.74, 6) is 0.938. The molecule has 26 heavy (non-hydrogen) atoms. The molecule has 6 nitrogen and oxygen atoms in total. The summed E-state index contributed by atoms with van der Waals surface area (Å²) in [6.45, 7) is 1.53. The molecule has 0 saturated carbocycles. The summed E-state index contributed by atoms with van der Waals surface area (Å²) in [6, 6.07) is 10.3. The van der Waals surface area contributed by atoms with E-state index in [0.717, 1.165) is 53.1 Å². The Kier molecular flexibility index (Phi) is 4.64. The number of benzene rings is 1. The van der Waals surface area contributed by atoms with Crippen LogP contribution in [0.1, 0.15) is 12.8 Å². The number of nitrogens with one attached hydrogen (secondary N) is 1. The van der Waals surface area contributed by atoms with Crippen molar-refractivity contribution in [3.63, 3.8) is 0 Å². The van der Waals surface area contributed by atoms with Crippen molar-refractivity contribution < 1.29 is 8.42 Å². The predicted molar refractivity (Wildman–Crippen MR) is 106 cm³/mol. The predicted octanol–water partition coefficient (Wildman–Crippen LogP) is 2.88. The van der Waals surface area contributed by atoms with E-state index in [-0.39, 0.29) is 6.04 Å². The minimum atomic E-state index is -3.17. The van der Waals surface area contributed by atoms with Crippen molar-refractivity contribution in [2.45, 2.75) is 18.9 Å². The molecule has 0 radical (unpaired) electrons. The highest BCUT2D eigenvalue weighted by atomic mass is 32.2. The summed E-state index contributed by atoms with van der Waals surface area (Å²) in [5.41, 5.74) is 2.31. The number of rotatable bonds is 4. The topological polar surface area (TPSA) is 75.2 Å². The van der Waals surface area contributed by atoms with Crippen LogP contribution in [0.2, 0.25) is 0 Å². The first kappa shape index (κ1) is 17.4. The smallest absolute Gasteiger partial charge is 0.208 e. The Balaban J connectivity index is 1.65. The van der Waals surface area contributed by atoms with Gasteiger partial charge < -0.3 is 4.90 Å². The third-order valence-electron chi connectivity index (χ3n) is 4.61. The summed E-state index contributed by atoms with van der Waals surface area (Å²) < 4.78 is 25.6. The van der Waals surface area contributed by atoms with Crippen LogP contribution in [0.15, 0.2) is 42.0 Å². The number of piperidine rings is 1. The number of hydrogen-bond donors (Lipinski definition) is 1. The zero-order chi connectivity index (χ0) is 18.1. The second-order valence-corrected chi connectivity index (χ2v) is 9.18. The van der Waals surface area contributed by atoms with Crippen molar-refractivity contribution in [1.29, 1.82) is 0 Å². The molecule has 8 heteroatoms. The second kappa shape index (κ2) is 6.94. The molecule has 1 aliphatic rings. The average Bonchev–Trinajstić information content (AvgIpc) is 3.06. The molecule has 0 spiro atoms. The second-order valence-electron chi connectivity index (χ2n) is 6.54. The van der Waals surface area contributed by atoms with Crippen molar-refractivity contribution in [3.8, 4) is 11.1 Å². The number of hydrogen-bond acceptors (Lipinski definition) is 6. The fourth-order valence-corrected chi connectivity index (χ4v) is 5.19. The van der Waals surface area contributed by atoms with Crippen LogP contribution in [-0.2, 0) is 10.0 Å². The first-order valence-corrected chi connectivity index (χ1v) is 11.3. The van der Waals surface area contributed by atoms with Crippen LogP contribution in [-0.4, -0.2) is 43.8 Å². The third-order valence-corrected chi connectivity index (χ3v) is 6.26. The van der Waals surface area contributed by atoms with E-state index in [0.29, 0.717) is 0 Å². The van der Waals surface area contributed by atoms with Gasteiger partial charge in [-0.1, -0.05) is 30.3 Å². The van der Waals surface area contributed by atoms with Crippen LogP contribution in [0.3, 0.4) is 0 Å². The number of nitrogens with zero attached hydrogens (tertiary/aromatic N) is 3. The Morgan fingerprint density at radius 1 is 1.15 bits per heavy atom. The van der Waals surface area contributed by atoms with Gasteiger partial charge >= 0.3 is 0 Å². The van der Waals surface area contributed by atoms with E-state index in [4.69, 9.17) is 0 Å². The lowest BCUT2D eigenvalue weighted by Gasteiger charge is -2.33. The molecule has 1 aliphatic heterocycles. The van der Waals surface area contributed by atoms with Crippen LogP contribution in [0.25, 0.3) is 21.3 Å². The Morgan fingerprint density at radius 2 is 1.88 bits per heavy atom. The van der Waals surface area contributed by atoms with Gasteiger partial charge in [0.1, 0.15) is 17.0 Å². The highest BCUT2D eigenvalue weighted by molar-refractivity contribution is 7.88. The lowest BCUT2D eigenvalue weighted by Crippen LogP contribution is -2.44. The third kappa shape index (κ3) is 3.58. The Labute approximate surface area is 157 Å². The van der Waals surface area contributed by atoms with Crippen LogP contribution < -0.4 is 9.62 Å². The van der Waals surface area contributed by atoms with E-state index in [9.17, 15) is 8.42 Å². The minimum absolute atomic E-state index is 0.00496. The van der Waals surface area contributed by atoms with Crippen LogP contribution in [0, 0.1) is 0 Å².